The van der Waals surface area contributed by atoms with E-state index in [1.54, 1.807) is 12.1 Å². The van der Waals surface area contributed by atoms with Crippen LogP contribution in [0.3, 0.4) is 0 Å². The Hall–Kier alpha value is -2.60. The molecule has 5 nitrogen and oxygen atoms in total. The summed E-state index contributed by atoms with van der Waals surface area (Å²) in [6, 6.07) is 17.3. The molecule has 1 saturated carbocycles. The molecule has 2 aromatic rings. The van der Waals surface area contributed by atoms with Crippen LogP contribution in [0.4, 0.5) is 0 Å². The zero-order valence-corrected chi connectivity index (χ0v) is 16.1. The number of nitrogens with one attached hydrogen (secondary N) is 3. The summed E-state index contributed by atoms with van der Waals surface area (Å²) in [7, 11) is 0. The molecule has 142 valence electrons. The zero-order valence-electron chi connectivity index (χ0n) is 15.2. The van der Waals surface area contributed by atoms with Crippen molar-refractivity contribution in [1.29, 1.82) is 0 Å². The van der Waals surface area contributed by atoms with E-state index in [1.165, 1.54) is 18.4 Å². The Morgan fingerprint density at radius 1 is 1.00 bits per heavy atom. The minimum absolute atomic E-state index is 0.241. The van der Waals surface area contributed by atoms with Crippen LogP contribution in [0.2, 0.25) is 0 Å². The SMILES string of the molecule is O=C(NNC(=S)NCCc1ccccc1)c1ccc(OC2CCCC2)cc1. The molecule has 1 aliphatic rings. The lowest BCUT2D eigenvalue weighted by molar-refractivity contribution is 0.0943. The Bertz CT molecular complexity index is 744. The second-order valence-corrected chi connectivity index (χ2v) is 7.03. The van der Waals surface area contributed by atoms with Crippen molar-refractivity contribution in [3.8, 4) is 5.75 Å². The van der Waals surface area contributed by atoms with Gasteiger partial charge >= 0.3 is 0 Å². The Morgan fingerprint density at radius 2 is 1.70 bits per heavy atom. The molecule has 0 saturated heterocycles. The molecular formula is C21H25N3O2S. The van der Waals surface area contributed by atoms with Gasteiger partial charge in [0.25, 0.3) is 5.91 Å². The number of rotatable bonds is 6. The number of carbonyl (C=O) groups excluding carboxylic acids is 1. The molecule has 0 unspecified atom stereocenters. The van der Waals surface area contributed by atoms with Gasteiger partial charge in [-0.2, -0.15) is 0 Å². The van der Waals surface area contributed by atoms with Crippen molar-refractivity contribution in [2.75, 3.05) is 6.54 Å². The van der Waals surface area contributed by atoms with Gasteiger partial charge in [-0.3, -0.25) is 15.6 Å². The highest BCUT2D eigenvalue weighted by molar-refractivity contribution is 7.80. The number of hydrazine groups is 1. The smallest absolute Gasteiger partial charge is 0.269 e. The summed E-state index contributed by atoms with van der Waals surface area (Å²) in [6.07, 6.45) is 5.86. The van der Waals surface area contributed by atoms with Crippen molar-refractivity contribution >= 4 is 23.2 Å². The second kappa shape index (κ2) is 9.92. The Morgan fingerprint density at radius 3 is 2.41 bits per heavy atom. The minimum atomic E-state index is -0.241. The van der Waals surface area contributed by atoms with E-state index in [1.807, 2.05) is 30.3 Å². The Labute approximate surface area is 165 Å². The quantitative estimate of drug-likeness (QED) is 0.527. The molecule has 27 heavy (non-hydrogen) atoms. The maximum atomic E-state index is 12.2. The van der Waals surface area contributed by atoms with Crippen molar-refractivity contribution in [3.05, 3.63) is 65.7 Å². The van der Waals surface area contributed by atoms with Gasteiger partial charge in [-0.1, -0.05) is 30.3 Å². The molecule has 1 fully saturated rings. The summed E-state index contributed by atoms with van der Waals surface area (Å²) in [6.45, 7) is 0.693. The summed E-state index contributed by atoms with van der Waals surface area (Å²) in [4.78, 5) is 12.2. The van der Waals surface area contributed by atoms with Crippen molar-refractivity contribution < 1.29 is 9.53 Å². The third-order valence-electron chi connectivity index (χ3n) is 4.55. The fraction of sp³-hybridized carbons (Fsp3) is 0.333. The number of ether oxygens (including phenoxy) is 1. The normalized spacial score (nSPS) is 13.8. The number of hydrogen-bond acceptors (Lipinski definition) is 3. The first-order chi connectivity index (χ1) is 13.2. The van der Waals surface area contributed by atoms with E-state index in [2.05, 4.69) is 28.3 Å². The number of hydrogen-bond donors (Lipinski definition) is 3. The molecule has 0 radical (unpaired) electrons. The fourth-order valence-electron chi connectivity index (χ4n) is 3.08. The minimum Gasteiger partial charge on any atom is -0.490 e. The van der Waals surface area contributed by atoms with Crippen LogP contribution in [0, 0.1) is 0 Å². The summed E-state index contributed by atoms with van der Waals surface area (Å²) in [5.41, 5.74) is 7.12. The lowest BCUT2D eigenvalue weighted by Crippen LogP contribution is -2.47. The molecule has 0 spiro atoms. The first kappa shape index (κ1) is 19.2. The van der Waals surface area contributed by atoms with Gasteiger partial charge < -0.3 is 10.1 Å². The van der Waals surface area contributed by atoms with Crippen LogP contribution in [0.15, 0.2) is 54.6 Å². The van der Waals surface area contributed by atoms with Crippen LogP contribution in [-0.4, -0.2) is 23.7 Å². The lowest BCUT2D eigenvalue weighted by Gasteiger charge is -2.14. The molecule has 0 aromatic heterocycles. The van der Waals surface area contributed by atoms with E-state index in [9.17, 15) is 4.79 Å². The van der Waals surface area contributed by atoms with Crippen LogP contribution >= 0.6 is 12.2 Å². The van der Waals surface area contributed by atoms with Crippen molar-refractivity contribution in [2.24, 2.45) is 0 Å². The van der Waals surface area contributed by atoms with E-state index in [-0.39, 0.29) is 5.91 Å². The zero-order chi connectivity index (χ0) is 18.9. The van der Waals surface area contributed by atoms with E-state index < -0.39 is 0 Å². The van der Waals surface area contributed by atoms with Gasteiger partial charge in [0.15, 0.2) is 5.11 Å². The summed E-state index contributed by atoms with van der Waals surface area (Å²) in [5.74, 6) is 0.569. The summed E-state index contributed by atoms with van der Waals surface area (Å²) >= 11 is 5.18. The summed E-state index contributed by atoms with van der Waals surface area (Å²) in [5, 5.41) is 3.46. The van der Waals surface area contributed by atoms with Crippen LogP contribution in [0.25, 0.3) is 0 Å². The van der Waals surface area contributed by atoms with Gasteiger partial charge in [0.05, 0.1) is 6.10 Å². The van der Waals surface area contributed by atoms with E-state index in [0.29, 0.717) is 23.3 Å². The maximum absolute atomic E-state index is 12.2. The predicted molar refractivity (Wildman–Crippen MR) is 111 cm³/mol. The van der Waals surface area contributed by atoms with Crippen LogP contribution < -0.4 is 20.9 Å². The molecule has 3 N–H and O–H groups in total. The van der Waals surface area contributed by atoms with E-state index >= 15 is 0 Å². The fourth-order valence-corrected chi connectivity index (χ4v) is 3.23. The van der Waals surface area contributed by atoms with Gasteiger partial charge in [0.2, 0.25) is 0 Å². The molecule has 0 bridgehead atoms. The Balaban J connectivity index is 1.37. The average molecular weight is 384 g/mol. The highest BCUT2D eigenvalue weighted by Crippen LogP contribution is 2.24. The topological polar surface area (TPSA) is 62.4 Å². The van der Waals surface area contributed by atoms with Crippen LogP contribution in [0.5, 0.6) is 5.75 Å². The first-order valence-corrected chi connectivity index (χ1v) is 9.76. The van der Waals surface area contributed by atoms with Gasteiger partial charge in [0.1, 0.15) is 5.75 Å². The van der Waals surface area contributed by atoms with Crippen LogP contribution in [-0.2, 0) is 6.42 Å². The Kier molecular flexibility index (Phi) is 7.04. The van der Waals surface area contributed by atoms with Gasteiger partial charge in [-0.05, 0) is 74.2 Å². The monoisotopic (exact) mass is 383 g/mol. The van der Waals surface area contributed by atoms with Crippen molar-refractivity contribution in [1.82, 2.24) is 16.2 Å². The first-order valence-electron chi connectivity index (χ1n) is 9.35. The molecule has 0 atom stereocenters. The molecule has 6 heteroatoms. The average Bonchev–Trinajstić information content (AvgIpc) is 3.20. The molecular weight excluding hydrogens is 358 g/mol. The molecule has 1 amide bonds. The predicted octanol–water partition coefficient (Wildman–Crippen LogP) is 3.36. The molecule has 0 heterocycles. The van der Waals surface area contributed by atoms with Gasteiger partial charge in [-0.15, -0.1) is 0 Å². The van der Waals surface area contributed by atoms with Crippen LogP contribution in [0.1, 0.15) is 41.6 Å². The number of amides is 1. The molecule has 3 rings (SSSR count). The third kappa shape index (κ3) is 6.25. The number of thiocarbonyl (C=S) groups is 1. The molecule has 2 aromatic carbocycles. The number of carbonyl (C=O) groups is 1. The highest BCUT2D eigenvalue weighted by Gasteiger charge is 2.16. The summed E-state index contributed by atoms with van der Waals surface area (Å²) < 4.78 is 5.91. The van der Waals surface area contributed by atoms with Crippen molar-refractivity contribution in [3.63, 3.8) is 0 Å². The molecule has 1 aliphatic carbocycles. The van der Waals surface area contributed by atoms with Gasteiger partial charge in [-0.25, -0.2) is 0 Å². The van der Waals surface area contributed by atoms with Gasteiger partial charge in [0, 0.05) is 12.1 Å². The molecule has 0 aliphatic heterocycles. The van der Waals surface area contributed by atoms with E-state index in [4.69, 9.17) is 17.0 Å². The second-order valence-electron chi connectivity index (χ2n) is 6.62. The standard InChI is InChI=1S/C21H25N3O2S/c25-20(17-10-12-19(13-11-17)26-18-8-4-5-9-18)23-24-21(27)22-15-14-16-6-2-1-3-7-16/h1-3,6-7,10-13,18H,4-5,8-9,14-15H2,(H,23,25)(H2,22,24,27). The van der Waals surface area contributed by atoms with E-state index in [0.717, 1.165) is 25.0 Å². The van der Waals surface area contributed by atoms with Crippen molar-refractivity contribution in [2.45, 2.75) is 38.2 Å². The largest absolute Gasteiger partial charge is 0.490 e. The lowest BCUT2D eigenvalue weighted by atomic mass is 10.1. The highest BCUT2D eigenvalue weighted by atomic mass is 32.1. The third-order valence-corrected chi connectivity index (χ3v) is 4.80. The number of benzene rings is 2. The maximum Gasteiger partial charge on any atom is 0.269 e.